The molecule has 0 aliphatic carbocycles. The van der Waals surface area contributed by atoms with Crippen molar-refractivity contribution in [2.45, 2.75) is 6.92 Å². The van der Waals surface area contributed by atoms with E-state index in [9.17, 15) is 14.7 Å². The van der Waals surface area contributed by atoms with E-state index in [1.54, 1.807) is 61.7 Å². The zero-order valence-electron chi connectivity index (χ0n) is 15.0. The molecule has 0 unspecified atom stereocenters. The van der Waals surface area contributed by atoms with E-state index in [1.807, 2.05) is 19.1 Å². The molecular weight excluding hydrogens is 342 g/mol. The predicted molar refractivity (Wildman–Crippen MR) is 105 cm³/mol. The molecule has 0 saturated carbocycles. The summed E-state index contributed by atoms with van der Waals surface area (Å²) in [6.07, 6.45) is 0. The van der Waals surface area contributed by atoms with Crippen molar-refractivity contribution in [1.82, 2.24) is 0 Å². The molecule has 2 N–H and O–H groups in total. The minimum absolute atomic E-state index is 0.231. The van der Waals surface area contributed by atoms with Gasteiger partial charge in [0.1, 0.15) is 5.75 Å². The second-order valence-corrected chi connectivity index (χ2v) is 6.10. The molecular formula is C22H19NO4. The third kappa shape index (κ3) is 4.15. The van der Waals surface area contributed by atoms with E-state index >= 15 is 0 Å². The summed E-state index contributed by atoms with van der Waals surface area (Å²) in [5.74, 6) is -0.573. The molecule has 0 fully saturated rings. The van der Waals surface area contributed by atoms with Gasteiger partial charge in [-0.2, -0.15) is 0 Å². The van der Waals surface area contributed by atoms with Gasteiger partial charge < -0.3 is 15.2 Å². The van der Waals surface area contributed by atoms with Crippen LogP contribution in [0.15, 0.2) is 66.7 Å². The van der Waals surface area contributed by atoms with Crippen LogP contribution in [0.3, 0.4) is 0 Å². The van der Waals surface area contributed by atoms with Gasteiger partial charge in [-0.25, -0.2) is 4.79 Å². The Morgan fingerprint density at radius 1 is 0.926 bits per heavy atom. The number of carboxylic acids is 1. The van der Waals surface area contributed by atoms with Crippen LogP contribution in [0.1, 0.15) is 26.3 Å². The predicted octanol–water partition coefficient (Wildman–Crippen LogP) is 4.62. The number of carbonyl (C=O) groups is 2. The summed E-state index contributed by atoms with van der Waals surface area (Å²) in [5.41, 5.74) is 4.11. The van der Waals surface area contributed by atoms with Crippen LogP contribution in [0.2, 0.25) is 0 Å². The number of rotatable bonds is 5. The molecule has 0 radical (unpaired) electrons. The first-order chi connectivity index (χ1) is 13.0. The maximum Gasteiger partial charge on any atom is 0.335 e. The van der Waals surface area contributed by atoms with Crippen LogP contribution >= 0.6 is 0 Å². The van der Waals surface area contributed by atoms with E-state index in [0.29, 0.717) is 17.0 Å². The summed E-state index contributed by atoms with van der Waals surface area (Å²) >= 11 is 0. The molecule has 0 bridgehead atoms. The highest BCUT2D eigenvalue weighted by molar-refractivity contribution is 6.04. The van der Waals surface area contributed by atoms with Gasteiger partial charge in [0, 0.05) is 11.3 Å². The Kier molecular flexibility index (Phi) is 5.22. The third-order valence-corrected chi connectivity index (χ3v) is 4.27. The van der Waals surface area contributed by atoms with Gasteiger partial charge >= 0.3 is 5.97 Å². The minimum atomic E-state index is -0.960. The average Bonchev–Trinajstić information content (AvgIpc) is 2.69. The maximum atomic E-state index is 12.4. The lowest BCUT2D eigenvalue weighted by atomic mass is 9.98. The zero-order chi connectivity index (χ0) is 19.4. The molecule has 3 aromatic carbocycles. The molecule has 0 aliphatic heterocycles. The number of amides is 1. The lowest BCUT2D eigenvalue weighted by molar-refractivity contribution is 0.0696. The standard InChI is InChI=1S/C22H19NO4/c1-14-6-7-17(22(25)26)13-20(14)15-8-10-18(11-9-15)23-21(24)16-4-3-5-19(12-16)27-2/h3-13H,1-2H3,(H,23,24)(H,25,26). The number of carbonyl (C=O) groups excluding carboxylic acids is 1. The first-order valence-electron chi connectivity index (χ1n) is 8.37. The highest BCUT2D eigenvalue weighted by atomic mass is 16.5. The Labute approximate surface area is 157 Å². The van der Waals surface area contributed by atoms with E-state index in [1.165, 1.54) is 0 Å². The number of nitrogens with one attached hydrogen (secondary N) is 1. The number of aryl methyl sites for hydroxylation is 1. The van der Waals surface area contributed by atoms with Crippen molar-refractivity contribution in [1.29, 1.82) is 0 Å². The van der Waals surface area contributed by atoms with E-state index in [0.717, 1.165) is 16.7 Å². The van der Waals surface area contributed by atoms with Gasteiger partial charge in [-0.1, -0.05) is 24.3 Å². The molecule has 0 aromatic heterocycles. The van der Waals surface area contributed by atoms with Gasteiger partial charge in [0.05, 0.1) is 12.7 Å². The maximum absolute atomic E-state index is 12.4. The van der Waals surface area contributed by atoms with E-state index in [4.69, 9.17) is 4.74 Å². The summed E-state index contributed by atoms with van der Waals surface area (Å²) in [7, 11) is 1.55. The smallest absolute Gasteiger partial charge is 0.335 e. The van der Waals surface area contributed by atoms with Gasteiger partial charge in [-0.15, -0.1) is 0 Å². The number of aromatic carboxylic acids is 1. The molecule has 5 nitrogen and oxygen atoms in total. The SMILES string of the molecule is COc1cccc(C(=O)Nc2ccc(-c3cc(C(=O)O)ccc3C)cc2)c1. The van der Waals surface area contributed by atoms with Crippen molar-refractivity contribution in [2.24, 2.45) is 0 Å². The molecule has 0 spiro atoms. The van der Waals surface area contributed by atoms with Crippen molar-refractivity contribution in [3.05, 3.63) is 83.4 Å². The number of hydrogen-bond donors (Lipinski definition) is 2. The van der Waals surface area contributed by atoms with Crippen molar-refractivity contribution >= 4 is 17.6 Å². The lowest BCUT2D eigenvalue weighted by Gasteiger charge is -2.10. The van der Waals surface area contributed by atoms with Crippen molar-refractivity contribution in [3.63, 3.8) is 0 Å². The number of methoxy groups -OCH3 is 1. The molecule has 0 heterocycles. The number of anilines is 1. The Hall–Kier alpha value is -3.60. The highest BCUT2D eigenvalue weighted by Gasteiger charge is 2.10. The quantitative estimate of drug-likeness (QED) is 0.695. The zero-order valence-corrected chi connectivity index (χ0v) is 15.0. The van der Waals surface area contributed by atoms with Gasteiger partial charge in [-0.05, 0) is 66.1 Å². The normalized spacial score (nSPS) is 10.3. The first kappa shape index (κ1) is 18.2. The Balaban J connectivity index is 1.80. The highest BCUT2D eigenvalue weighted by Crippen LogP contribution is 2.26. The van der Waals surface area contributed by atoms with E-state index in [-0.39, 0.29) is 11.5 Å². The van der Waals surface area contributed by atoms with Crippen LogP contribution in [-0.2, 0) is 0 Å². The lowest BCUT2D eigenvalue weighted by Crippen LogP contribution is -2.11. The fourth-order valence-corrected chi connectivity index (χ4v) is 2.77. The molecule has 0 aliphatic rings. The van der Waals surface area contributed by atoms with Crippen LogP contribution in [0.4, 0.5) is 5.69 Å². The van der Waals surface area contributed by atoms with Crippen LogP contribution in [0.25, 0.3) is 11.1 Å². The number of hydrogen-bond acceptors (Lipinski definition) is 3. The van der Waals surface area contributed by atoms with E-state index in [2.05, 4.69) is 5.32 Å². The minimum Gasteiger partial charge on any atom is -0.497 e. The van der Waals surface area contributed by atoms with Gasteiger partial charge in [0.2, 0.25) is 0 Å². The Morgan fingerprint density at radius 3 is 2.33 bits per heavy atom. The van der Waals surface area contributed by atoms with Gasteiger partial charge in [-0.3, -0.25) is 4.79 Å². The topological polar surface area (TPSA) is 75.6 Å². The molecule has 3 rings (SSSR count). The molecule has 5 heteroatoms. The molecule has 0 atom stereocenters. The number of benzene rings is 3. The Bertz CT molecular complexity index is 993. The third-order valence-electron chi connectivity index (χ3n) is 4.27. The van der Waals surface area contributed by atoms with Gasteiger partial charge in [0.25, 0.3) is 5.91 Å². The second-order valence-electron chi connectivity index (χ2n) is 6.10. The van der Waals surface area contributed by atoms with Crippen LogP contribution in [0.5, 0.6) is 5.75 Å². The summed E-state index contributed by atoms with van der Waals surface area (Å²) in [5, 5.41) is 12.0. The molecule has 27 heavy (non-hydrogen) atoms. The van der Waals surface area contributed by atoms with Crippen molar-refractivity contribution < 1.29 is 19.4 Å². The van der Waals surface area contributed by atoms with E-state index < -0.39 is 5.97 Å². The van der Waals surface area contributed by atoms with Crippen LogP contribution in [-0.4, -0.2) is 24.1 Å². The monoisotopic (exact) mass is 361 g/mol. The fraction of sp³-hybridized carbons (Fsp3) is 0.0909. The fourth-order valence-electron chi connectivity index (χ4n) is 2.77. The first-order valence-corrected chi connectivity index (χ1v) is 8.37. The largest absolute Gasteiger partial charge is 0.497 e. The van der Waals surface area contributed by atoms with Crippen LogP contribution < -0.4 is 10.1 Å². The summed E-state index contributed by atoms with van der Waals surface area (Å²) in [6.45, 7) is 1.93. The molecule has 0 saturated heterocycles. The van der Waals surface area contributed by atoms with Gasteiger partial charge in [0.15, 0.2) is 0 Å². The van der Waals surface area contributed by atoms with Crippen molar-refractivity contribution in [2.75, 3.05) is 12.4 Å². The molecule has 3 aromatic rings. The van der Waals surface area contributed by atoms with Crippen LogP contribution in [0, 0.1) is 6.92 Å². The molecule has 136 valence electrons. The summed E-state index contributed by atoms with van der Waals surface area (Å²) in [4.78, 5) is 23.6. The second kappa shape index (κ2) is 7.74. The Morgan fingerprint density at radius 2 is 1.67 bits per heavy atom. The summed E-state index contributed by atoms with van der Waals surface area (Å²) in [6, 6.07) is 19.2. The summed E-state index contributed by atoms with van der Waals surface area (Å²) < 4.78 is 5.14. The molecule has 1 amide bonds. The number of ether oxygens (including phenoxy) is 1. The number of carboxylic acid groups (broad SMARTS) is 1. The average molecular weight is 361 g/mol. The van der Waals surface area contributed by atoms with Crippen molar-refractivity contribution in [3.8, 4) is 16.9 Å².